The number of esters is 1. The highest BCUT2D eigenvalue weighted by molar-refractivity contribution is 6.30. The molecule has 2 aromatic rings. The molecule has 0 spiro atoms. The smallest absolute Gasteiger partial charge is 0.343 e. The van der Waals surface area contributed by atoms with E-state index in [4.69, 9.17) is 9.15 Å². The number of ketones is 1. The zero-order valence-corrected chi connectivity index (χ0v) is 13.1. The fourth-order valence-corrected chi connectivity index (χ4v) is 2.59. The lowest BCUT2D eigenvalue weighted by Gasteiger charge is -2.21. The lowest BCUT2D eigenvalue weighted by molar-refractivity contribution is -0.137. The van der Waals surface area contributed by atoms with Gasteiger partial charge in [0, 0.05) is 17.5 Å². The molecule has 24 heavy (non-hydrogen) atoms. The minimum absolute atomic E-state index is 0.0559. The van der Waals surface area contributed by atoms with Crippen LogP contribution in [-0.4, -0.2) is 18.9 Å². The summed E-state index contributed by atoms with van der Waals surface area (Å²) in [5.74, 6) is -1.12. The molecule has 1 aromatic heterocycles. The standard InChI is InChI=1S/C18H14FNO4/c1-11-16(18(22)23-2)17(21)15(10-14-4-3-9-24-14)20(11)13-7-5-12(19)6-8-13/h3-10H,1-2H3/b15-10+. The van der Waals surface area contributed by atoms with E-state index in [9.17, 15) is 14.0 Å². The van der Waals surface area contributed by atoms with Crippen molar-refractivity contribution in [3.63, 3.8) is 0 Å². The summed E-state index contributed by atoms with van der Waals surface area (Å²) in [6.45, 7) is 1.64. The van der Waals surface area contributed by atoms with Crippen molar-refractivity contribution in [3.05, 3.63) is 71.2 Å². The molecule has 6 heteroatoms. The average molecular weight is 327 g/mol. The van der Waals surface area contributed by atoms with Crippen molar-refractivity contribution >= 4 is 23.5 Å². The van der Waals surface area contributed by atoms with E-state index in [1.54, 1.807) is 24.0 Å². The molecule has 0 N–H and O–H groups in total. The number of carbonyl (C=O) groups excluding carboxylic acids is 2. The molecule has 1 aliphatic heterocycles. The number of nitrogens with zero attached hydrogens (tertiary/aromatic N) is 1. The van der Waals surface area contributed by atoms with Gasteiger partial charge in [-0.1, -0.05) is 0 Å². The van der Waals surface area contributed by atoms with Crippen molar-refractivity contribution in [2.24, 2.45) is 0 Å². The maximum absolute atomic E-state index is 13.2. The molecule has 2 heterocycles. The number of carbonyl (C=O) groups is 2. The molecule has 0 saturated heterocycles. The number of hydrogen-bond acceptors (Lipinski definition) is 5. The van der Waals surface area contributed by atoms with Crippen LogP contribution >= 0.6 is 0 Å². The second-order valence-corrected chi connectivity index (χ2v) is 5.14. The maximum atomic E-state index is 13.2. The lowest BCUT2D eigenvalue weighted by atomic mass is 10.1. The largest absolute Gasteiger partial charge is 0.465 e. The first-order chi connectivity index (χ1) is 11.5. The first-order valence-corrected chi connectivity index (χ1v) is 7.17. The molecule has 0 saturated carbocycles. The average Bonchev–Trinajstić information content (AvgIpc) is 3.16. The van der Waals surface area contributed by atoms with Crippen LogP contribution in [0.3, 0.4) is 0 Å². The van der Waals surface area contributed by atoms with Gasteiger partial charge in [-0.15, -0.1) is 0 Å². The van der Waals surface area contributed by atoms with Crippen molar-refractivity contribution in [2.45, 2.75) is 6.92 Å². The van der Waals surface area contributed by atoms with Crippen LogP contribution in [0.4, 0.5) is 10.1 Å². The fourth-order valence-electron chi connectivity index (χ4n) is 2.59. The number of furan rings is 1. The Balaban J connectivity index is 2.15. The molecule has 0 unspecified atom stereocenters. The molecule has 5 nitrogen and oxygen atoms in total. The van der Waals surface area contributed by atoms with E-state index in [2.05, 4.69) is 0 Å². The predicted molar refractivity (Wildman–Crippen MR) is 85.3 cm³/mol. The number of benzene rings is 1. The Bertz CT molecular complexity index is 848. The molecule has 0 aliphatic carbocycles. The zero-order chi connectivity index (χ0) is 17.3. The van der Waals surface area contributed by atoms with Gasteiger partial charge in [-0.2, -0.15) is 0 Å². The van der Waals surface area contributed by atoms with E-state index in [1.807, 2.05) is 0 Å². The fraction of sp³-hybridized carbons (Fsp3) is 0.111. The van der Waals surface area contributed by atoms with Crippen molar-refractivity contribution < 1.29 is 23.1 Å². The molecule has 122 valence electrons. The number of rotatable bonds is 3. The van der Waals surface area contributed by atoms with Gasteiger partial charge in [-0.25, -0.2) is 9.18 Å². The number of hydrogen-bond donors (Lipinski definition) is 0. The van der Waals surface area contributed by atoms with Crippen LogP contribution in [-0.2, 0) is 14.3 Å². The van der Waals surface area contributed by atoms with Crippen LogP contribution in [0, 0.1) is 5.82 Å². The number of Topliss-reactive ketones (excluding diaryl/α,β-unsaturated/α-hetero) is 1. The van der Waals surface area contributed by atoms with Crippen LogP contribution in [0.25, 0.3) is 6.08 Å². The monoisotopic (exact) mass is 327 g/mol. The topological polar surface area (TPSA) is 59.8 Å². The van der Waals surface area contributed by atoms with Crippen LogP contribution in [0.1, 0.15) is 12.7 Å². The Labute approximate surface area is 137 Å². The summed E-state index contributed by atoms with van der Waals surface area (Å²) in [6, 6.07) is 9.01. The van der Waals surface area contributed by atoms with Crippen LogP contribution in [0.2, 0.25) is 0 Å². The minimum Gasteiger partial charge on any atom is -0.465 e. The number of methoxy groups -OCH3 is 1. The molecule has 0 amide bonds. The van der Waals surface area contributed by atoms with E-state index in [-0.39, 0.29) is 11.3 Å². The van der Waals surface area contributed by atoms with Gasteiger partial charge < -0.3 is 14.1 Å². The van der Waals surface area contributed by atoms with E-state index in [0.29, 0.717) is 17.1 Å². The summed E-state index contributed by atoms with van der Waals surface area (Å²) in [7, 11) is 1.21. The van der Waals surface area contributed by atoms with Crippen LogP contribution in [0.15, 0.2) is 64.0 Å². The molecule has 1 aromatic carbocycles. The Hall–Kier alpha value is -3.15. The van der Waals surface area contributed by atoms with Crippen molar-refractivity contribution in [3.8, 4) is 0 Å². The van der Waals surface area contributed by atoms with Gasteiger partial charge in [0.05, 0.1) is 19.1 Å². The number of halogens is 1. The summed E-state index contributed by atoms with van der Waals surface area (Å²) in [5, 5.41) is 0. The Morgan fingerprint density at radius 1 is 1.25 bits per heavy atom. The molecule has 0 fully saturated rings. The van der Waals surface area contributed by atoms with Gasteiger partial charge in [0.25, 0.3) is 0 Å². The molecule has 0 radical (unpaired) electrons. The summed E-state index contributed by atoms with van der Waals surface area (Å²) >= 11 is 0. The molecule has 1 aliphatic rings. The van der Waals surface area contributed by atoms with Gasteiger partial charge in [0.15, 0.2) is 0 Å². The molecule has 0 bridgehead atoms. The van der Waals surface area contributed by atoms with Gasteiger partial charge in [0.2, 0.25) is 5.78 Å². The summed E-state index contributed by atoms with van der Waals surface area (Å²) < 4.78 is 23.2. The second-order valence-electron chi connectivity index (χ2n) is 5.14. The third-order valence-electron chi connectivity index (χ3n) is 3.69. The zero-order valence-electron chi connectivity index (χ0n) is 13.1. The Morgan fingerprint density at radius 3 is 2.54 bits per heavy atom. The van der Waals surface area contributed by atoms with Gasteiger partial charge in [0.1, 0.15) is 17.2 Å². The van der Waals surface area contributed by atoms with Gasteiger partial charge in [-0.3, -0.25) is 4.79 Å². The number of anilines is 1. The first-order valence-electron chi connectivity index (χ1n) is 7.17. The third kappa shape index (κ3) is 2.62. The van der Waals surface area contributed by atoms with E-state index >= 15 is 0 Å². The van der Waals surface area contributed by atoms with Crippen LogP contribution < -0.4 is 4.90 Å². The summed E-state index contributed by atoms with van der Waals surface area (Å²) in [5.41, 5.74) is 1.14. The molecule has 0 atom stereocenters. The maximum Gasteiger partial charge on any atom is 0.343 e. The Kier molecular flexibility index (Phi) is 4.04. The van der Waals surface area contributed by atoms with Crippen molar-refractivity contribution in [2.75, 3.05) is 12.0 Å². The highest BCUT2D eigenvalue weighted by atomic mass is 19.1. The lowest BCUT2D eigenvalue weighted by Crippen LogP contribution is -2.18. The molecular formula is C18H14FNO4. The van der Waals surface area contributed by atoms with Crippen molar-refractivity contribution in [1.29, 1.82) is 0 Å². The Morgan fingerprint density at radius 2 is 1.96 bits per heavy atom. The molecular weight excluding hydrogens is 313 g/mol. The van der Waals surface area contributed by atoms with Gasteiger partial charge >= 0.3 is 5.97 Å². The van der Waals surface area contributed by atoms with Crippen LogP contribution in [0.5, 0.6) is 0 Å². The number of ether oxygens (including phenoxy) is 1. The third-order valence-corrected chi connectivity index (χ3v) is 3.69. The SMILES string of the molecule is COC(=O)C1=C(C)N(c2ccc(F)cc2)/C(=C/c2ccco2)C1=O. The van der Waals surface area contributed by atoms with Crippen molar-refractivity contribution in [1.82, 2.24) is 0 Å². The minimum atomic E-state index is -0.715. The molecule has 3 rings (SSSR count). The predicted octanol–water partition coefficient (Wildman–Crippen LogP) is 3.30. The second kappa shape index (κ2) is 6.16. The highest BCUT2D eigenvalue weighted by Crippen LogP contribution is 2.35. The van der Waals surface area contributed by atoms with E-state index in [1.165, 1.54) is 43.7 Å². The van der Waals surface area contributed by atoms with Gasteiger partial charge in [-0.05, 0) is 43.3 Å². The van der Waals surface area contributed by atoms with E-state index < -0.39 is 17.6 Å². The first kappa shape index (κ1) is 15.7. The summed E-state index contributed by atoms with van der Waals surface area (Å²) in [6.07, 6.45) is 3.01. The quantitative estimate of drug-likeness (QED) is 0.492. The summed E-state index contributed by atoms with van der Waals surface area (Å²) in [4.78, 5) is 26.3. The highest BCUT2D eigenvalue weighted by Gasteiger charge is 2.38. The normalized spacial score (nSPS) is 16.2. The van der Waals surface area contributed by atoms with E-state index in [0.717, 1.165) is 0 Å². The number of allylic oxidation sites excluding steroid dienone is 2.